The molecule has 0 saturated carbocycles. The molecule has 4 rings (SSSR count). The van der Waals surface area contributed by atoms with Crippen LogP contribution in [0.5, 0.6) is 5.75 Å². The largest absolute Gasteiger partial charge is 0.423 e. The van der Waals surface area contributed by atoms with Gasteiger partial charge in [0.05, 0.1) is 11.8 Å². The van der Waals surface area contributed by atoms with Gasteiger partial charge in [0.25, 0.3) is 5.56 Å². The van der Waals surface area contributed by atoms with E-state index in [2.05, 4.69) is 31.4 Å². The van der Waals surface area contributed by atoms with Gasteiger partial charge >= 0.3 is 11.7 Å². The molecule has 0 amide bonds. The van der Waals surface area contributed by atoms with Crippen LogP contribution in [0.15, 0.2) is 67.7 Å². The summed E-state index contributed by atoms with van der Waals surface area (Å²) in [4.78, 5) is 41.2. The average Bonchev–Trinajstić information content (AvgIpc) is 3.14. The highest BCUT2D eigenvalue weighted by Gasteiger charge is 2.16. The quantitative estimate of drug-likeness (QED) is 0.191. The number of aromatic nitrogens is 4. The number of anilines is 1. The van der Waals surface area contributed by atoms with Crippen LogP contribution in [0.2, 0.25) is 0 Å². The van der Waals surface area contributed by atoms with E-state index in [4.69, 9.17) is 4.74 Å². The molecule has 0 saturated heterocycles. The Morgan fingerprint density at radius 1 is 1.03 bits per heavy atom. The molecule has 0 bridgehead atoms. The zero-order valence-corrected chi connectivity index (χ0v) is 19.5. The van der Waals surface area contributed by atoms with Gasteiger partial charge in [0.1, 0.15) is 5.75 Å². The van der Waals surface area contributed by atoms with Crippen molar-refractivity contribution in [3.8, 4) is 5.75 Å². The molecule has 11 heteroatoms. The Morgan fingerprint density at radius 2 is 1.73 bits per heavy atom. The Morgan fingerprint density at radius 3 is 2.42 bits per heavy atom. The molecular formula is C22H19BrN6O4. The molecule has 0 aliphatic carbocycles. The number of imidazole rings is 1. The first-order valence-electron chi connectivity index (χ1n) is 9.76. The molecule has 0 aliphatic heterocycles. The molecule has 0 unspecified atom stereocenters. The molecule has 10 nitrogen and oxygen atoms in total. The summed E-state index contributed by atoms with van der Waals surface area (Å²) in [5.41, 5.74) is 3.61. The number of ether oxygens (including phenoxy) is 1. The van der Waals surface area contributed by atoms with Gasteiger partial charge in [0, 0.05) is 25.6 Å². The van der Waals surface area contributed by atoms with E-state index in [9.17, 15) is 14.4 Å². The van der Waals surface area contributed by atoms with Crippen LogP contribution in [0.1, 0.15) is 15.9 Å². The Hall–Kier alpha value is -3.99. The van der Waals surface area contributed by atoms with E-state index >= 15 is 0 Å². The van der Waals surface area contributed by atoms with Crippen molar-refractivity contribution in [2.24, 2.45) is 26.2 Å². The Balaban J connectivity index is 1.48. The summed E-state index contributed by atoms with van der Waals surface area (Å²) in [5.74, 6) is 0.236. The Bertz CT molecular complexity index is 1520. The number of benzene rings is 2. The first-order chi connectivity index (χ1) is 15.8. The number of rotatable bonds is 5. The number of hydrogen-bond acceptors (Lipinski definition) is 7. The van der Waals surface area contributed by atoms with Gasteiger partial charge in [-0.05, 0) is 57.9 Å². The van der Waals surface area contributed by atoms with Crippen molar-refractivity contribution in [3.63, 3.8) is 0 Å². The van der Waals surface area contributed by atoms with Crippen LogP contribution in [0.4, 0.5) is 5.95 Å². The zero-order chi connectivity index (χ0) is 23.7. The fraction of sp³-hybridized carbons (Fsp3) is 0.136. The van der Waals surface area contributed by atoms with Crippen molar-refractivity contribution in [2.45, 2.75) is 0 Å². The van der Waals surface area contributed by atoms with Crippen molar-refractivity contribution in [1.29, 1.82) is 0 Å². The van der Waals surface area contributed by atoms with Gasteiger partial charge in [-0.3, -0.25) is 13.9 Å². The molecule has 1 N–H and O–H groups in total. The topological polar surface area (TPSA) is 113 Å². The van der Waals surface area contributed by atoms with Crippen LogP contribution in [-0.4, -0.2) is 30.9 Å². The maximum atomic E-state index is 12.4. The van der Waals surface area contributed by atoms with Gasteiger partial charge in [-0.25, -0.2) is 15.0 Å². The number of esters is 1. The minimum absolute atomic E-state index is 0.263. The van der Waals surface area contributed by atoms with Crippen molar-refractivity contribution in [3.05, 3.63) is 85.0 Å². The average molecular weight is 511 g/mol. The van der Waals surface area contributed by atoms with E-state index in [0.717, 1.165) is 10.1 Å². The minimum atomic E-state index is -0.465. The summed E-state index contributed by atoms with van der Waals surface area (Å²) in [6.07, 6.45) is 1.55. The third-order valence-corrected chi connectivity index (χ3v) is 5.73. The number of carbonyl (C=O) groups is 1. The molecule has 0 atom stereocenters. The second kappa shape index (κ2) is 8.87. The predicted molar refractivity (Wildman–Crippen MR) is 128 cm³/mol. The third-order valence-electron chi connectivity index (χ3n) is 5.04. The smallest absolute Gasteiger partial charge is 0.344 e. The Kier molecular flexibility index (Phi) is 5.97. The van der Waals surface area contributed by atoms with Gasteiger partial charge in [-0.15, -0.1) is 0 Å². The summed E-state index contributed by atoms with van der Waals surface area (Å²) in [5, 5.41) is 4.15. The third kappa shape index (κ3) is 4.22. The number of nitrogens with one attached hydrogen (secondary N) is 1. The van der Waals surface area contributed by atoms with E-state index in [1.165, 1.54) is 11.6 Å². The molecule has 0 radical (unpaired) electrons. The standard InChI is InChI=1S/C22H19BrN6O4/c1-27-17-18(28(2)22(32)29(3)19(17)30)25-21(27)26-24-12-13-8-10-14(11-9-13)33-20(31)15-6-4-5-7-16(15)23/h4-12H,1-3H3,(H,25,26)/b24-12-. The van der Waals surface area contributed by atoms with Crippen LogP contribution in [0.3, 0.4) is 0 Å². The normalized spacial score (nSPS) is 11.3. The monoisotopic (exact) mass is 510 g/mol. The summed E-state index contributed by atoms with van der Waals surface area (Å²) < 4.78 is 9.93. The molecule has 168 valence electrons. The molecule has 0 aliphatic rings. The summed E-state index contributed by atoms with van der Waals surface area (Å²) in [7, 11) is 4.63. The number of carbonyl (C=O) groups excluding carboxylic acids is 1. The van der Waals surface area contributed by atoms with E-state index in [0.29, 0.717) is 21.7 Å². The molecule has 4 aromatic rings. The minimum Gasteiger partial charge on any atom is -0.423 e. The highest BCUT2D eigenvalue weighted by atomic mass is 79.9. The first-order valence-corrected chi connectivity index (χ1v) is 10.6. The van der Waals surface area contributed by atoms with Crippen molar-refractivity contribution in [1.82, 2.24) is 18.7 Å². The molecule has 2 aromatic carbocycles. The van der Waals surface area contributed by atoms with Crippen LogP contribution in [0.25, 0.3) is 11.2 Å². The van der Waals surface area contributed by atoms with Crippen LogP contribution >= 0.6 is 15.9 Å². The maximum Gasteiger partial charge on any atom is 0.344 e. The SMILES string of the molecule is Cn1c(=O)c2c(nc(N/N=C\c3ccc(OC(=O)c4ccccc4Br)cc3)n2C)n(C)c1=O. The molecule has 2 heterocycles. The molecule has 2 aromatic heterocycles. The van der Waals surface area contributed by atoms with Gasteiger partial charge < -0.3 is 9.30 Å². The fourth-order valence-electron chi connectivity index (χ4n) is 3.19. The highest BCUT2D eigenvalue weighted by Crippen LogP contribution is 2.19. The van der Waals surface area contributed by atoms with Crippen LogP contribution in [0, 0.1) is 0 Å². The predicted octanol–water partition coefficient (Wildman–Crippen LogP) is 2.40. The van der Waals surface area contributed by atoms with Crippen LogP contribution < -0.4 is 21.4 Å². The lowest BCUT2D eigenvalue weighted by atomic mass is 10.2. The van der Waals surface area contributed by atoms with E-state index in [-0.39, 0.29) is 11.2 Å². The van der Waals surface area contributed by atoms with Gasteiger partial charge in [0.2, 0.25) is 5.95 Å². The number of hydrogen-bond donors (Lipinski definition) is 1. The van der Waals surface area contributed by atoms with Crippen molar-refractivity contribution < 1.29 is 9.53 Å². The van der Waals surface area contributed by atoms with E-state index in [1.54, 1.807) is 67.3 Å². The van der Waals surface area contributed by atoms with E-state index < -0.39 is 17.2 Å². The molecule has 33 heavy (non-hydrogen) atoms. The van der Waals surface area contributed by atoms with Gasteiger partial charge in [-0.1, -0.05) is 12.1 Å². The number of aryl methyl sites for hydroxylation is 2. The lowest BCUT2D eigenvalue weighted by molar-refractivity contribution is 0.0734. The fourth-order valence-corrected chi connectivity index (χ4v) is 3.64. The number of halogens is 1. The van der Waals surface area contributed by atoms with Crippen molar-refractivity contribution >= 4 is 45.2 Å². The van der Waals surface area contributed by atoms with Gasteiger partial charge in [0.15, 0.2) is 11.2 Å². The first kappa shape index (κ1) is 22.2. The second-order valence-electron chi connectivity index (χ2n) is 7.18. The summed E-state index contributed by atoms with van der Waals surface area (Å²) in [6, 6.07) is 13.8. The lowest BCUT2D eigenvalue weighted by Gasteiger charge is -2.06. The molecule has 0 spiro atoms. The number of nitrogens with zero attached hydrogens (tertiary/aromatic N) is 5. The Labute approximate surface area is 195 Å². The van der Waals surface area contributed by atoms with E-state index in [1.807, 2.05) is 6.07 Å². The summed E-state index contributed by atoms with van der Waals surface area (Å²) >= 11 is 3.33. The van der Waals surface area contributed by atoms with Crippen molar-refractivity contribution in [2.75, 3.05) is 5.43 Å². The summed E-state index contributed by atoms with van der Waals surface area (Å²) in [6.45, 7) is 0. The number of fused-ring (bicyclic) bond motifs is 1. The molecular weight excluding hydrogens is 492 g/mol. The zero-order valence-electron chi connectivity index (χ0n) is 17.9. The maximum absolute atomic E-state index is 12.4. The lowest BCUT2D eigenvalue weighted by Crippen LogP contribution is -2.37. The number of hydrazone groups is 1. The highest BCUT2D eigenvalue weighted by molar-refractivity contribution is 9.10. The van der Waals surface area contributed by atoms with Gasteiger partial charge in [-0.2, -0.15) is 10.1 Å². The second-order valence-corrected chi connectivity index (χ2v) is 8.04. The molecule has 0 fully saturated rings. The van der Waals surface area contributed by atoms with Crippen LogP contribution in [-0.2, 0) is 21.1 Å².